The van der Waals surface area contributed by atoms with Gasteiger partial charge in [-0.2, -0.15) is 0 Å². The van der Waals surface area contributed by atoms with E-state index in [1.807, 2.05) is 0 Å². The largest absolute Gasteiger partial charge is 0.493 e. The van der Waals surface area contributed by atoms with E-state index in [-0.39, 0.29) is 6.17 Å². The summed E-state index contributed by atoms with van der Waals surface area (Å²) in [5.74, 6) is 1.05. The molecule has 1 saturated heterocycles. The Hall–Kier alpha value is -1.10. The molecule has 4 nitrogen and oxygen atoms in total. The molecule has 0 spiro atoms. The third kappa shape index (κ3) is 1.80. The Morgan fingerprint density at radius 2 is 2.25 bits per heavy atom. The number of hydrogen-bond donors (Lipinski definition) is 3. The number of nitrogens with two attached hydrogens (primary N) is 1. The number of rotatable bonds is 1. The molecular weight excluding hydrogens is 202 g/mol. The van der Waals surface area contributed by atoms with Gasteiger partial charge in [-0.15, -0.1) is 0 Å². The summed E-state index contributed by atoms with van der Waals surface area (Å²) in [6.07, 6.45) is 3.22. The van der Waals surface area contributed by atoms with Crippen molar-refractivity contribution in [1.29, 1.82) is 0 Å². The maximum atomic E-state index is 5.80. The fraction of sp³-hybridized carbons (Fsp3) is 0.500. The number of hydrazine groups is 1. The van der Waals surface area contributed by atoms with E-state index in [4.69, 9.17) is 10.5 Å². The van der Waals surface area contributed by atoms with Crippen LogP contribution in [0.1, 0.15) is 30.0 Å². The van der Waals surface area contributed by atoms with Crippen LogP contribution in [-0.4, -0.2) is 12.8 Å². The van der Waals surface area contributed by atoms with E-state index in [9.17, 15) is 0 Å². The normalized spacial score (nSPS) is 28.6. The maximum absolute atomic E-state index is 5.80. The summed E-state index contributed by atoms with van der Waals surface area (Å²) in [6, 6.07) is 6.77. The SMILES string of the molecule is NC1CC(c2ccc3c(c2)CCCO3)NN1. The standard InChI is InChI=1S/C12H17N3O/c13-12-7-10(14-15-12)8-3-4-11-9(6-8)2-1-5-16-11/h3-4,6,10,12,14-15H,1-2,5,7,13H2. The molecule has 2 unspecified atom stereocenters. The molecule has 0 aliphatic carbocycles. The van der Waals surface area contributed by atoms with Gasteiger partial charge in [0.05, 0.1) is 12.8 Å². The highest BCUT2D eigenvalue weighted by Crippen LogP contribution is 2.29. The Balaban J connectivity index is 1.85. The molecule has 4 N–H and O–H groups in total. The zero-order chi connectivity index (χ0) is 11.0. The molecule has 2 aliphatic rings. The van der Waals surface area contributed by atoms with Gasteiger partial charge in [-0.25, -0.2) is 10.9 Å². The van der Waals surface area contributed by atoms with E-state index in [0.717, 1.165) is 31.6 Å². The zero-order valence-electron chi connectivity index (χ0n) is 9.20. The van der Waals surface area contributed by atoms with Crippen molar-refractivity contribution < 1.29 is 4.74 Å². The van der Waals surface area contributed by atoms with Crippen LogP contribution < -0.4 is 21.3 Å². The van der Waals surface area contributed by atoms with Crippen LogP contribution in [0.3, 0.4) is 0 Å². The van der Waals surface area contributed by atoms with Gasteiger partial charge in [0.15, 0.2) is 0 Å². The van der Waals surface area contributed by atoms with E-state index < -0.39 is 0 Å². The highest BCUT2D eigenvalue weighted by Gasteiger charge is 2.23. The smallest absolute Gasteiger partial charge is 0.122 e. The predicted octanol–water partition coefficient (Wildman–Crippen LogP) is 0.835. The van der Waals surface area contributed by atoms with Crippen LogP contribution >= 0.6 is 0 Å². The van der Waals surface area contributed by atoms with Gasteiger partial charge in [0, 0.05) is 6.04 Å². The summed E-state index contributed by atoms with van der Waals surface area (Å²) >= 11 is 0. The molecule has 86 valence electrons. The van der Waals surface area contributed by atoms with Crippen LogP contribution in [-0.2, 0) is 6.42 Å². The van der Waals surface area contributed by atoms with E-state index >= 15 is 0 Å². The Kier molecular flexibility index (Phi) is 2.55. The lowest BCUT2D eigenvalue weighted by Crippen LogP contribution is -2.36. The minimum atomic E-state index is 0.0530. The number of benzene rings is 1. The fourth-order valence-electron chi connectivity index (χ4n) is 2.40. The van der Waals surface area contributed by atoms with Gasteiger partial charge in [-0.1, -0.05) is 12.1 Å². The van der Waals surface area contributed by atoms with Gasteiger partial charge in [0.25, 0.3) is 0 Å². The summed E-state index contributed by atoms with van der Waals surface area (Å²) in [7, 11) is 0. The van der Waals surface area contributed by atoms with Crippen molar-refractivity contribution in [3.63, 3.8) is 0 Å². The quantitative estimate of drug-likeness (QED) is 0.655. The van der Waals surface area contributed by atoms with Gasteiger partial charge < -0.3 is 10.5 Å². The van der Waals surface area contributed by atoms with Crippen LogP contribution in [0.25, 0.3) is 0 Å². The highest BCUT2D eigenvalue weighted by molar-refractivity contribution is 5.39. The molecule has 2 aliphatic heterocycles. The lowest BCUT2D eigenvalue weighted by molar-refractivity contribution is 0.288. The molecule has 1 aromatic rings. The zero-order valence-corrected chi connectivity index (χ0v) is 9.20. The maximum Gasteiger partial charge on any atom is 0.122 e. The highest BCUT2D eigenvalue weighted by atomic mass is 16.5. The molecule has 0 bridgehead atoms. The van der Waals surface area contributed by atoms with Crippen LogP contribution in [0.4, 0.5) is 0 Å². The average molecular weight is 219 g/mol. The van der Waals surface area contributed by atoms with Crippen molar-refractivity contribution in [2.45, 2.75) is 31.5 Å². The molecular formula is C12H17N3O. The Morgan fingerprint density at radius 3 is 3.06 bits per heavy atom. The Bertz CT molecular complexity index is 394. The molecule has 1 fully saturated rings. The predicted molar refractivity (Wildman–Crippen MR) is 61.9 cm³/mol. The van der Waals surface area contributed by atoms with Crippen LogP contribution in [0.2, 0.25) is 0 Å². The summed E-state index contributed by atoms with van der Waals surface area (Å²) < 4.78 is 5.60. The molecule has 4 heteroatoms. The third-order valence-electron chi connectivity index (χ3n) is 3.27. The second-order valence-corrected chi connectivity index (χ2v) is 4.50. The van der Waals surface area contributed by atoms with E-state index in [1.165, 1.54) is 11.1 Å². The van der Waals surface area contributed by atoms with Crippen molar-refractivity contribution >= 4 is 0 Å². The molecule has 3 rings (SSSR count). The second-order valence-electron chi connectivity index (χ2n) is 4.50. The first-order valence-electron chi connectivity index (χ1n) is 5.85. The van der Waals surface area contributed by atoms with Crippen LogP contribution in [0, 0.1) is 0 Å². The minimum Gasteiger partial charge on any atom is -0.493 e. The van der Waals surface area contributed by atoms with Crippen molar-refractivity contribution in [1.82, 2.24) is 10.9 Å². The van der Waals surface area contributed by atoms with Crippen LogP contribution in [0.5, 0.6) is 5.75 Å². The lowest BCUT2D eigenvalue weighted by atomic mass is 9.98. The van der Waals surface area contributed by atoms with Crippen molar-refractivity contribution in [2.24, 2.45) is 5.73 Å². The number of nitrogens with one attached hydrogen (secondary N) is 2. The second kappa shape index (κ2) is 4.05. The van der Waals surface area contributed by atoms with Gasteiger partial charge in [0.1, 0.15) is 5.75 Å². The lowest BCUT2D eigenvalue weighted by Gasteiger charge is -2.19. The molecule has 2 atom stereocenters. The van der Waals surface area contributed by atoms with Gasteiger partial charge in [-0.05, 0) is 36.5 Å². The van der Waals surface area contributed by atoms with E-state index in [2.05, 4.69) is 29.1 Å². The molecule has 16 heavy (non-hydrogen) atoms. The molecule has 0 saturated carbocycles. The summed E-state index contributed by atoms with van der Waals surface area (Å²) in [5, 5.41) is 0. The topological polar surface area (TPSA) is 59.3 Å². The summed E-state index contributed by atoms with van der Waals surface area (Å²) in [6.45, 7) is 0.848. The van der Waals surface area contributed by atoms with E-state index in [1.54, 1.807) is 0 Å². The third-order valence-corrected chi connectivity index (χ3v) is 3.27. The Morgan fingerprint density at radius 1 is 1.31 bits per heavy atom. The molecule has 0 radical (unpaired) electrons. The van der Waals surface area contributed by atoms with Crippen LogP contribution in [0.15, 0.2) is 18.2 Å². The number of ether oxygens (including phenoxy) is 1. The minimum absolute atomic E-state index is 0.0530. The molecule has 0 aromatic heterocycles. The first-order valence-corrected chi connectivity index (χ1v) is 5.85. The molecule has 0 amide bonds. The first-order chi connectivity index (χ1) is 7.83. The molecule has 1 aromatic carbocycles. The number of aryl methyl sites for hydroxylation is 1. The van der Waals surface area contributed by atoms with Crippen molar-refractivity contribution in [3.05, 3.63) is 29.3 Å². The Labute approximate surface area is 95.1 Å². The van der Waals surface area contributed by atoms with Crippen molar-refractivity contribution in [2.75, 3.05) is 6.61 Å². The fourth-order valence-corrected chi connectivity index (χ4v) is 2.40. The molecule has 2 heterocycles. The van der Waals surface area contributed by atoms with Gasteiger partial charge in [0.2, 0.25) is 0 Å². The summed E-state index contributed by atoms with van der Waals surface area (Å²) in [5.41, 5.74) is 14.7. The first kappa shape index (κ1) is 10.1. The number of hydrogen-bond acceptors (Lipinski definition) is 4. The van der Waals surface area contributed by atoms with Crippen molar-refractivity contribution in [3.8, 4) is 5.75 Å². The van der Waals surface area contributed by atoms with Gasteiger partial charge >= 0.3 is 0 Å². The average Bonchev–Trinajstić information content (AvgIpc) is 2.75. The summed E-state index contributed by atoms with van der Waals surface area (Å²) in [4.78, 5) is 0. The monoisotopic (exact) mass is 219 g/mol. The van der Waals surface area contributed by atoms with Gasteiger partial charge in [-0.3, -0.25) is 0 Å². The number of fused-ring (bicyclic) bond motifs is 1. The van der Waals surface area contributed by atoms with E-state index in [0.29, 0.717) is 6.04 Å².